The third-order valence-corrected chi connectivity index (χ3v) is 0. The van der Waals surface area contributed by atoms with Gasteiger partial charge in [0, 0.05) is 0 Å². The fourth-order valence-corrected chi connectivity index (χ4v) is 0. The van der Waals surface area contributed by atoms with Crippen LogP contribution in [0.4, 0.5) is 0 Å². The van der Waals surface area contributed by atoms with Gasteiger partial charge in [-0.3, -0.25) is 4.46 Å². The standard InChI is InChI=1S/Ca.H2O3Si.2H2O/c;1-4(2)3;;/h;1-2H;2*1H2/q+2;;;/p-2. The van der Waals surface area contributed by atoms with Gasteiger partial charge in [0.25, 0.3) is 0 Å². The molecule has 7 heavy (non-hydrogen) atoms. The van der Waals surface area contributed by atoms with E-state index in [1.54, 1.807) is 0 Å². The van der Waals surface area contributed by atoms with Gasteiger partial charge in [-0.05, 0) is 0 Å². The van der Waals surface area contributed by atoms with Gasteiger partial charge in [0.1, 0.15) is 0 Å². The Morgan fingerprint density at radius 2 is 1.14 bits per heavy atom. The quantitative estimate of drug-likeness (QED) is 0.377. The van der Waals surface area contributed by atoms with Crippen LogP contribution < -0.4 is 0 Å². The van der Waals surface area contributed by atoms with E-state index in [2.05, 4.69) is 0 Å². The Hall–Kier alpha value is 0.797. The number of rotatable bonds is 0. The molecule has 5 nitrogen and oxygen atoms in total. The first-order valence-electron chi connectivity index (χ1n) is 0.651. The molecule has 0 unspecified atom stereocenters. The van der Waals surface area contributed by atoms with Crippen molar-refractivity contribution in [2.24, 2.45) is 0 Å². The summed E-state index contributed by atoms with van der Waals surface area (Å²) in [6.07, 6.45) is 0. The van der Waals surface area contributed by atoms with Crippen LogP contribution in [0.1, 0.15) is 0 Å². The summed E-state index contributed by atoms with van der Waals surface area (Å²) in [7, 11) is -3.13. The zero-order valence-electron chi connectivity index (χ0n) is 3.40. The van der Waals surface area contributed by atoms with Crippen molar-refractivity contribution >= 4 is 46.9 Å². The van der Waals surface area contributed by atoms with Crippen LogP contribution in [0.15, 0.2) is 0 Å². The van der Waals surface area contributed by atoms with Crippen molar-refractivity contribution in [1.82, 2.24) is 0 Å². The van der Waals surface area contributed by atoms with Crippen LogP contribution in [0, 0.1) is 0 Å². The molecule has 0 saturated heterocycles. The SMILES string of the molecule is O=[Si](O)O.[Ca+2].[OH-].[OH-]. The van der Waals surface area contributed by atoms with Crippen LogP contribution in [-0.4, -0.2) is 67.5 Å². The van der Waals surface area contributed by atoms with Crippen LogP contribution in [0.5, 0.6) is 0 Å². The van der Waals surface area contributed by atoms with E-state index >= 15 is 0 Å². The Balaban J connectivity index is -0.0000000150. The molecule has 0 atom stereocenters. The van der Waals surface area contributed by atoms with Gasteiger partial charge in [0.15, 0.2) is 0 Å². The summed E-state index contributed by atoms with van der Waals surface area (Å²) in [5.41, 5.74) is 0. The molecule has 0 aromatic rings. The summed E-state index contributed by atoms with van der Waals surface area (Å²) in [4.78, 5) is 14.3. The monoisotopic (exact) mass is 152 g/mol. The zero-order chi connectivity index (χ0) is 3.58. The molecule has 4 N–H and O–H groups in total. The molecule has 0 saturated carbocycles. The maximum atomic E-state index is 8.74. The van der Waals surface area contributed by atoms with E-state index < -0.39 is 9.17 Å². The summed E-state index contributed by atoms with van der Waals surface area (Å²) in [6, 6.07) is 0. The first-order chi connectivity index (χ1) is 1.73. The second-order valence-electron chi connectivity index (χ2n) is 0.283. The minimum absolute atomic E-state index is 0. The summed E-state index contributed by atoms with van der Waals surface area (Å²) >= 11 is 0. The largest absolute Gasteiger partial charge is 2.00 e. The van der Waals surface area contributed by atoms with E-state index in [0.717, 1.165) is 0 Å². The van der Waals surface area contributed by atoms with Gasteiger partial charge in [0.2, 0.25) is 0 Å². The van der Waals surface area contributed by atoms with Gasteiger partial charge in [-0.15, -0.1) is 0 Å². The van der Waals surface area contributed by atoms with Gasteiger partial charge in [-0.2, -0.15) is 0 Å². The molecule has 0 fully saturated rings. The first kappa shape index (κ1) is 25.0. The van der Waals surface area contributed by atoms with Gasteiger partial charge in [0.05, 0.1) is 0 Å². The Morgan fingerprint density at radius 1 is 1.14 bits per heavy atom. The van der Waals surface area contributed by atoms with Crippen LogP contribution in [0.25, 0.3) is 0 Å². The topological polar surface area (TPSA) is 118 Å². The molecule has 0 radical (unpaired) electrons. The van der Waals surface area contributed by atoms with Crippen LogP contribution in [0.3, 0.4) is 0 Å². The van der Waals surface area contributed by atoms with Crippen molar-refractivity contribution in [3.05, 3.63) is 0 Å². The molecular weight excluding hydrogens is 148 g/mol. The fraction of sp³-hybridized carbons (Fsp3) is 0. The van der Waals surface area contributed by atoms with Crippen LogP contribution in [-0.2, 0) is 4.46 Å². The molecule has 40 valence electrons. The Morgan fingerprint density at radius 3 is 1.14 bits per heavy atom. The van der Waals surface area contributed by atoms with Gasteiger partial charge in [-0.1, -0.05) is 0 Å². The van der Waals surface area contributed by atoms with Crippen molar-refractivity contribution in [3.8, 4) is 0 Å². The molecule has 0 aliphatic carbocycles. The molecule has 0 amide bonds. The maximum absolute atomic E-state index is 8.74. The van der Waals surface area contributed by atoms with E-state index in [1.165, 1.54) is 0 Å². The van der Waals surface area contributed by atoms with Crippen molar-refractivity contribution in [1.29, 1.82) is 0 Å². The van der Waals surface area contributed by atoms with E-state index in [9.17, 15) is 0 Å². The van der Waals surface area contributed by atoms with E-state index in [0.29, 0.717) is 0 Å². The second kappa shape index (κ2) is 15.8. The van der Waals surface area contributed by atoms with Gasteiger partial charge < -0.3 is 20.5 Å². The molecule has 0 aromatic carbocycles. The summed E-state index contributed by atoms with van der Waals surface area (Å²) in [5, 5.41) is 0. The third kappa shape index (κ3) is 246. The van der Waals surface area contributed by atoms with Crippen molar-refractivity contribution in [3.63, 3.8) is 0 Å². The van der Waals surface area contributed by atoms with Gasteiger partial charge in [-0.25, -0.2) is 0 Å². The average molecular weight is 152 g/mol. The summed E-state index contributed by atoms with van der Waals surface area (Å²) < 4.78 is 8.74. The predicted molar refractivity (Wildman–Crippen MR) is 20.5 cm³/mol. The van der Waals surface area contributed by atoms with Crippen molar-refractivity contribution < 1.29 is 25.0 Å². The second-order valence-corrected chi connectivity index (χ2v) is 0.848. The molecule has 0 bridgehead atoms. The van der Waals surface area contributed by atoms with Crippen molar-refractivity contribution in [2.75, 3.05) is 0 Å². The van der Waals surface area contributed by atoms with Crippen LogP contribution >= 0.6 is 0 Å². The van der Waals surface area contributed by atoms with Crippen LogP contribution in [0.2, 0.25) is 0 Å². The number of hydrogen-bond donors (Lipinski definition) is 2. The zero-order valence-corrected chi connectivity index (χ0v) is 6.61. The average Bonchev–Trinajstić information content (AvgIpc) is 0.811. The fourth-order valence-electron chi connectivity index (χ4n) is 0. The normalized spacial score (nSPS) is 3.43. The van der Waals surface area contributed by atoms with E-state index in [-0.39, 0.29) is 48.7 Å². The summed E-state index contributed by atoms with van der Waals surface area (Å²) in [5.74, 6) is 0. The minimum Gasteiger partial charge on any atom is -0.870 e. The predicted octanol–water partition coefficient (Wildman–Crippen LogP) is -2.35. The molecule has 0 rings (SSSR count). The molecule has 0 aliphatic rings. The molecule has 0 aromatic heterocycles. The van der Waals surface area contributed by atoms with Gasteiger partial charge >= 0.3 is 46.9 Å². The summed E-state index contributed by atoms with van der Waals surface area (Å²) in [6.45, 7) is 0. The Labute approximate surface area is 71.5 Å². The first-order valence-corrected chi connectivity index (χ1v) is 1.95. The molecule has 0 spiro atoms. The molecular formula is H4CaO5Si. The number of hydrogen-bond acceptors (Lipinski definition) is 3. The minimum atomic E-state index is -3.13. The Bertz CT molecular complexity index is 31.1. The molecule has 0 heterocycles. The molecule has 0 aliphatic heterocycles. The Kier molecular flexibility index (Phi) is 56.6. The third-order valence-electron chi connectivity index (χ3n) is 0. The molecule has 7 heteroatoms. The van der Waals surface area contributed by atoms with E-state index in [1.807, 2.05) is 0 Å². The smallest absolute Gasteiger partial charge is 0.870 e. The van der Waals surface area contributed by atoms with E-state index in [4.69, 9.17) is 14.1 Å². The van der Waals surface area contributed by atoms with Crippen molar-refractivity contribution in [2.45, 2.75) is 0 Å². The maximum Gasteiger partial charge on any atom is 2.00 e.